The first kappa shape index (κ1) is 20.0. The molecule has 9 heteroatoms. The van der Waals surface area contributed by atoms with Crippen LogP contribution in [0.15, 0.2) is 16.0 Å². The van der Waals surface area contributed by atoms with Crippen molar-refractivity contribution in [2.75, 3.05) is 18.1 Å². The number of sulfone groups is 1. The predicted molar refractivity (Wildman–Crippen MR) is 98.6 cm³/mol. The molecule has 1 aliphatic rings. The molecule has 1 N–H and O–H groups in total. The SMILES string of the molecule is CCCc1cc(=O)[nH]c(SC(C)C(=O)N(CC)C2CCS(=O)(=O)C2)n1. The van der Waals surface area contributed by atoms with Gasteiger partial charge in [-0.15, -0.1) is 0 Å². The van der Waals surface area contributed by atoms with Crippen LogP contribution in [0.5, 0.6) is 0 Å². The zero-order valence-corrected chi connectivity index (χ0v) is 16.5. The van der Waals surface area contributed by atoms with Crippen molar-refractivity contribution in [2.45, 2.75) is 56.5 Å². The van der Waals surface area contributed by atoms with Crippen LogP contribution in [0, 0.1) is 0 Å². The Kier molecular flexibility index (Phi) is 6.67. The molecular formula is C16H25N3O4S2. The van der Waals surface area contributed by atoms with Crippen LogP contribution in [0.25, 0.3) is 0 Å². The quantitative estimate of drug-likeness (QED) is 0.558. The lowest BCUT2D eigenvalue weighted by Crippen LogP contribution is -2.44. The van der Waals surface area contributed by atoms with Crippen molar-refractivity contribution < 1.29 is 13.2 Å². The lowest BCUT2D eigenvalue weighted by Gasteiger charge is -2.29. The topological polar surface area (TPSA) is 100 Å². The van der Waals surface area contributed by atoms with E-state index in [0.717, 1.165) is 6.42 Å². The van der Waals surface area contributed by atoms with Gasteiger partial charge in [-0.05, 0) is 26.7 Å². The van der Waals surface area contributed by atoms with E-state index >= 15 is 0 Å². The smallest absolute Gasteiger partial charge is 0.251 e. The zero-order valence-electron chi connectivity index (χ0n) is 14.8. The van der Waals surface area contributed by atoms with Crippen LogP contribution in [-0.4, -0.2) is 58.5 Å². The van der Waals surface area contributed by atoms with E-state index in [0.29, 0.717) is 30.2 Å². The summed E-state index contributed by atoms with van der Waals surface area (Å²) >= 11 is 1.20. The van der Waals surface area contributed by atoms with E-state index in [1.807, 2.05) is 13.8 Å². The van der Waals surface area contributed by atoms with Crippen molar-refractivity contribution in [3.8, 4) is 0 Å². The minimum Gasteiger partial charge on any atom is -0.338 e. The van der Waals surface area contributed by atoms with Gasteiger partial charge < -0.3 is 9.88 Å². The summed E-state index contributed by atoms with van der Waals surface area (Å²) in [6.45, 7) is 6.08. The standard InChI is InChI=1S/C16H25N3O4S2/c1-4-6-12-9-14(20)18-16(17-12)24-11(3)15(21)19(5-2)13-7-8-25(22,23)10-13/h9,11,13H,4-8,10H2,1-3H3,(H,17,18,20). The fourth-order valence-corrected chi connectivity index (χ4v) is 5.62. The first-order valence-corrected chi connectivity index (χ1v) is 11.2. The van der Waals surface area contributed by atoms with Crippen molar-refractivity contribution in [3.63, 3.8) is 0 Å². The molecule has 1 aromatic rings. The van der Waals surface area contributed by atoms with Crippen LogP contribution >= 0.6 is 11.8 Å². The van der Waals surface area contributed by atoms with Gasteiger partial charge >= 0.3 is 0 Å². The van der Waals surface area contributed by atoms with Gasteiger partial charge in [0.15, 0.2) is 15.0 Å². The second-order valence-corrected chi connectivity index (χ2v) is 9.79. The Morgan fingerprint density at radius 2 is 2.20 bits per heavy atom. The number of carbonyl (C=O) groups excluding carboxylic acids is 1. The average Bonchev–Trinajstić information content (AvgIpc) is 2.87. The van der Waals surface area contributed by atoms with Gasteiger partial charge in [0, 0.05) is 24.3 Å². The van der Waals surface area contributed by atoms with Gasteiger partial charge in [-0.1, -0.05) is 25.1 Å². The van der Waals surface area contributed by atoms with Crippen LogP contribution in [0.2, 0.25) is 0 Å². The van der Waals surface area contributed by atoms with Gasteiger partial charge in [0.2, 0.25) is 5.91 Å². The lowest BCUT2D eigenvalue weighted by molar-refractivity contribution is -0.131. The van der Waals surface area contributed by atoms with E-state index < -0.39 is 15.1 Å². The number of amides is 1. The van der Waals surface area contributed by atoms with Crippen molar-refractivity contribution in [3.05, 3.63) is 22.1 Å². The molecule has 0 aliphatic carbocycles. The fourth-order valence-electron chi connectivity index (χ4n) is 2.99. The van der Waals surface area contributed by atoms with Crippen LogP contribution in [0.4, 0.5) is 0 Å². The Morgan fingerprint density at radius 1 is 1.48 bits per heavy atom. The summed E-state index contributed by atoms with van der Waals surface area (Å²) in [7, 11) is -3.05. The Labute approximate surface area is 152 Å². The summed E-state index contributed by atoms with van der Waals surface area (Å²) < 4.78 is 23.4. The van der Waals surface area contributed by atoms with Crippen LogP contribution in [0.3, 0.4) is 0 Å². The first-order chi connectivity index (χ1) is 11.8. The van der Waals surface area contributed by atoms with Crippen LogP contribution < -0.4 is 5.56 Å². The highest BCUT2D eigenvalue weighted by Crippen LogP contribution is 2.24. The number of rotatable bonds is 7. The summed E-state index contributed by atoms with van der Waals surface area (Å²) in [5, 5.41) is -0.0322. The fraction of sp³-hybridized carbons (Fsp3) is 0.688. The Bertz CT molecular complexity index is 776. The van der Waals surface area contributed by atoms with E-state index in [9.17, 15) is 18.0 Å². The number of aromatic nitrogens is 2. The molecule has 0 radical (unpaired) electrons. The maximum Gasteiger partial charge on any atom is 0.251 e. The predicted octanol–water partition coefficient (Wildman–Crippen LogP) is 1.24. The van der Waals surface area contributed by atoms with Gasteiger partial charge in [0.1, 0.15) is 0 Å². The van der Waals surface area contributed by atoms with Crippen LogP contribution in [0.1, 0.15) is 39.3 Å². The molecule has 0 spiro atoms. The second kappa shape index (κ2) is 8.35. The number of thioether (sulfide) groups is 1. The van der Waals surface area contributed by atoms with E-state index in [1.54, 1.807) is 11.8 Å². The third-order valence-electron chi connectivity index (χ3n) is 4.19. The molecule has 2 atom stereocenters. The van der Waals surface area contributed by atoms with Crippen molar-refractivity contribution in [1.29, 1.82) is 0 Å². The molecule has 0 saturated carbocycles. The highest BCUT2D eigenvalue weighted by molar-refractivity contribution is 8.00. The highest BCUT2D eigenvalue weighted by Gasteiger charge is 2.35. The Hall–Kier alpha value is -1.35. The van der Waals surface area contributed by atoms with Crippen molar-refractivity contribution in [1.82, 2.24) is 14.9 Å². The molecule has 7 nitrogen and oxygen atoms in total. The highest BCUT2D eigenvalue weighted by atomic mass is 32.2. The maximum absolute atomic E-state index is 12.8. The summed E-state index contributed by atoms with van der Waals surface area (Å²) in [5.41, 5.74) is 0.484. The minimum absolute atomic E-state index is 0.0328. The van der Waals surface area contributed by atoms with Gasteiger partial charge in [-0.3, -0.25) is 9.59 Å². The molecule has 0 bridgehead atoms. The molecule has 1 aliphatic heterocycles. The number of aryl methyl sites for hydroxylation is 1. The number of carbonyl (C=O) groups is 1. The number of aromatic amines is 1. The minimum atomic E-state index is -3.05. The molecular weight excluding hydrogens is 362 g/mol. The van der Waals surface area contributed by atoms with E-state index in [1.165, 1.54) is 17.8 Å². The largest absolute Gasteiger partial charge is 0.338 e. The summed E-state index contributed by atoms with van der Waals surface area (Å²) in [4.78, 5) is 33.2. The number of hydrogen-bond donors (Lipinski definition) is 1. The average molecular weight is 388 g/mol. The molecule has 1 saturated heterocycles. The first-order valence-electron chi connectivity index (χ1n) is 8.53. The number of nitrogens with zero attached hydrogens (tertiary/aromatic N) is 2. The monoisotopic (exact) mass is 387 g/mol. The third kappa shape index (κ3) is 5.31. The molecule has 25 heavy (non-hydrogen) atoms. The van der Waals surface area contributed by atoms with Crippen molar-refractivity contribution in [2.24, 2.45) is 0 Å². The zero-order chi connectivity index (χ0) is 18.6. The lowest BCUT2D eigenvalue weighted by atomic mass is 10.2. The van der Waals surface area contributed by atoms with E-state index in [-0.39, 0.29) is 29.0 Å². The maximum atomic E-state index is 12.8. The molecule has 0 aromatic carbocycles. The summed E-state index contributed by atoms with van der Waals surface area (Å²) in [6.07, 6.45) is 2.08. The normalized spacial score (nSPS) is 20.4. The Morgan fingerprint density at radius 3 is 2.76 bits per heavy atom. The third-order valence-corrected chi connectivity index (χ3v) is 6.91. The van der Waals surface area contributed by atoms with Gasteiger partial charge in [0.05, 0.1) is 16.8 Å². The van der Waals surface area contributed by atoms with Gasteiger partial charge in [-0.2, -0.15) is 0 Å². The van der Waals surface area contributed by atoms with Crippen molar-refractivity contribution >= 4 is 27.5 Å². The Balaban J connectivity index is 2.10. The number of H-pyrrole nitrogens is 1. The molecule has 1 aromatic heterocycles. The number of hydrogen-bond acceptors (Lipinski definition) is 6. The van der Waals surface area contributed by atoms with Crippen LogP contribution in [-0.2, 0) is 21.1 Å². The molecule has 2 rings (SSSR count). The van der Waals surface area contributed by atoms with Gasteiger partial charge in [0.25, 0.3) is 5.56 Å². The summed E-state index contributed by atoms with van der Waals surface area (Å²) in [6, 6.07) is 1.21. The summed E-state index contributed by atoms with van der Waals surface area (Å²) in [5.74, 6) is 0.0419. The molecule has 2 unspecified atom stereocenters. The second-order valence-electron chi connectivity index (χ2n) is 6.23. The molecule has 1 fully saturated rings. The molecule has 140 valence electrons. The van der Waals surface area contributed by atoms with E-state index in [2.05, 4.69) is 9.97 Å². The van der Waals surface area contributed by atoms with E-state index in [4.69, 9.17) is 0 Å². The molecule has 1 amide bonds. The van der Waals surface area contributed by atoms with Gasteiger partial charge in [-0.25, -0.2) is 13.4 Å². The molecule has 2 heterocycles. The number of nitrogens with one attached hydrogen (secondary N) is 1.